The molecule has 1 aromatic rings. The molecule has 1 fully saturated rings. The van der Waals surface area contributed by atoms with Gasteiger partial charge in [0.05, 0.1) is 5.60 Å². The Hall–Kier alpha value is -1.30. The number of amides is 1. The molecule has 1 aromatic carbocycles. The molecule has 1 aliphatic rings. The fourth-order valence-electron chi connectivity index (χ4n) is 3.71. The lowest BCUT2D eigenvalue weighted by Gasteiger charge is -2.43. The summed E-state index contributed by atoms with van der Waals surface area (Å²) in [5.41, 5.74) is -0.876. The molecule has 1 amide bonds. The van der Waals surface area contributed by atoms with Crippen LogP contribution in [0.2, 0.25) is 5.02 Å². The highest BCUT2D eigenvalue weighted by Gasteiger charge is 2.41. The van der Waals surface area contributed by atoms with Crippen LogP contribution in [0.4, 0.5) is 4.79 Å². The summed E-state index contributed by atoms with van der Waals surface area (Å²) in [6, 6.07) is 7.31. The first-order chi connectivity index (χ1) is 12.7. The van der Waals surface area contributed by atoms with Crippen LogP contribution in [0.5, 0.6) is 0 Å². The zero-order chi connectivity index (χ0) is 20.1. The number of unbranched alkanes of at least 4 members (excludes halogenated alkanes) is 1. The molecule has 0 aliphatic carbocycles. The van der Waals surface area contributed by atoms with Gasteiger partial charge < -0.3 is 19.8 Å². The van der Waals surface area contributed by atoms with Gasteiger partial charge >= 0.3 is 6.09 Å². The van der Waals surface area contributed by atoms with Crippen LogP contribution in [0.1, 0.15) is 58.4 Å². The van der Waals surface area contributed by atoms with Crippen LogP contribution < -0.4 is 0 Å². The number of aliphatic hydroxyl groups excluding tert-OH is 1. The van der Waals surface area contributed by atoms with Crippen molar-refractivity contribution in [2.75, 3.05) is 19.7 Å². The molecule has 0 saturated carbocycles. The van der Waals surface area contributed by atoms with Gasteiger partial charge in [-0.2, -0.15) is 0 Å². The number of hydrogen-bond donors (Lipinski definition) is 2. The second kappa shape index (κ2) is 9.26. The van der Waals surface area contributed by atoms with Crippen LogP contribution in [0.15, 0.2) is 24.3 Å². The van der Waals surface area contributed by atoms with Crippen LogP contribution in [0, 0.1) is 5.92 Å². The van der Waals surface area contributed by atoms with Crippen molar-refractivity contribution in [1.29, 1.82) is 0 Å². The molecule has 5 nitrogen and oxygen atoms in total. The van der Waals surface area contributed by atoms with E-state index < -0.39 is 11.2 Å². The highest BCUT2D eigenvalue weighted by molar-refractivity contribution is 6.30. The lowest BCUT2D eigenvalue weighted by molar-refractivity contribution is -0.0640. The lowest BCUT2D eigenvalue weighted by atomic mass is 9.74. The summed E-state index contributed by atoms with van der Waals surface area (Å²) in [6.45, 7) is 6.72. The first kappa shape index (κ1) is 22.0. The number of ether oxygens (including phenoxy) is 1. The number of halogens is 1. The van der Waals surface area contributed by atoms with Gasteiger partial charge in [-0.1, -0.05) is 23.7 Å². The van der Waals surface area contributed by atoms with Crippen molar-refractivity contribution in [2.45, 2.75) is 64.1 Å². The lowest BCUT2D eigenvalue weighted by Crippen LogP contribution is -2.49. The maximum atomic E-state index is 12.5. The second-order valence-corrected chi connectivity index (χ2v) is 8.82. The Bertz CT molecular complexity index is 631. The third-order valence-corrected chi connectivity index (χ3v) is 5.27. The quantitative estimate of drug-likeness (QED) is 0.700. The molecule has 6 heteroatoms. The highest BCUT2D eigenvalue weighted by Crippen LogP contribution is 2.40. The Morgan fingerprint density at radius 2 is 2.07 bits per heavy atom. The van der Waals surface area contributed by atoms with Gasteiger partial charge in [0.25, 0.3) is 0 Å². The van der Waals surface area contributed by atoms with Crippen molar-refractivity contribution in [3.05, 3.63) is 34.9 Å². The Morgan fingerprint density at radius 3 is 2.70 bits per heavy atom. The number of rotatable bonds is 6. The van der Waals surface area contributed by atoms with Crippen molar-refractivity contribution >= 4 is 17.7 Å². The van der Waals surface area contributed by atoms with Gasteiger partial charge in [-0.15, -0.1) is 0 Å². The SMILES string of the molecule is CC(C)(C)OC(=O)N1CCCC([C@@](O)(CCCCO)c2cccc(Cl)c2)C1. The molecule has 2 atom stereocenters. The summed E-state index contributed by atoms with van der Waals surface area (Å²) in [6.07, 6.45) is 3.14. The summed E-state index contributed by atoms with van der Waals surface area (Å²) in [4.78, 5) is 14.2. The van der Waals surface area contributed by atoms with Crippen molar-refractivity contribution in [2.24, 2.45) is 5.92 Å². The number of benzene rings is 1. The minimum Gasteiger partial charge on any atom is -0.444 e. The van der Waals surface area contributed by atoms with E-state index in [1.54, 1.807) is 17.0 Å². The molecule has 0 spiro atoms. The molecule has 0 aromatic heterocycles. The maximum Gasteiger partial charge on any atom is 0.410 e. The summed E-state index contributed by atoms with van der Waals surface area (Å²) >= 11 is 6.17. The van der Waals surface area contributed by atoms with Crippen molar-refractivity contribution < 1.29 is 19.7 Å². The maximum absolute atomic E-state index is 12.5. The summed E-state index contributed by atoms with van der Waals surface area (Å²) in [5.74, 6) is -0.115. The summed E-state index contributed by atoms with van der Waals surface area (Å²) in [7, 11) is 0. The van der Waals surface area contributed by atoms with Gasteiger partial charge in [-0.25, -0.2) is 4.79 Å². The smallest absolute Gasteiger partial charge is 0.410 e. The molecule has 1 saturated heterocycles. The van der Waals surface area contributed by atoms with Crippen molar-refractivity contribution in [1.82, 2.24) is 4.90 Å². The minimum atomic E-state index is -1.10. The predicted molar refractivity (Wildman–Crippen MR) is 107 cm³/mol. The number of carbonyl (C=O) groups excluding carboxylic acids is 1. The number of aliphatic hydroxyl groups is 2. The predicted octanol–water partition coefficient (Wildman–Crippen LogP) is 4.34. The molecule has 2 N–H and O–H groups in total. The molecule has 0 radical (unpaired) electrons. The van der Waals surface area contributed by atoms with Crippen LogP contribution in [-0.4, -0.2) is 46.5 Å². The number of likely N-dealkylation sites (tertiary alicyclic amines) is 1. The molecular weight excluding hydrogens is 366 g/mol. The zero-order valence-corrected chi connectivity index (χ0v) is 17.3. The molecule has 1 aliphatic heterocycles. The van der Waals surface area contributed by atoms with E-state index in [0.717, 1.165) is 18.4 Å². The average molecular weight is 398 g/mol. The van der Waals surface area contributed by atoms with Crippen LogP contribution in [-0.2, 0) is 10.3 Å². The van der Waals surface area contributed by atoms with Gasteiger partial charge in [0.2, 0.25) is 0 Å². The normalized spacial score (nSPS) is 20.2. The van der Waals surface area contributed by atoms with Crippen LogP contribution in [0.3, 0.4) is 0 Å². The number of piperidine rings is 1. The molecule has 1 unspecified atom stereocenters. The van der Waals surface area contributed by atoms with E-state index in [-0.39, 0.29) is 18.6 Å². The molecule has 2 rings (SSSR count). The first-order valence-electron chi connectivity index (χ1n) is 9.73. The minimum absolute atomic E-state index is 0.0975. The molecule has 27 heavy (non-hydrogen) atoms. The Balaban J connectivity index is 2.22. The standard InChI is InChI=1S/C21H32ClNO4/c1-20(2,3)27-19(25)23-12-7-9-17(15-23)21(26,11-4-5-13-24)16-8-6-10-18(22)14-16/h6,8,10,14,17,24,26H,4-5,7,9,11-13,15H2,1-3H3/t17?,21-/m1/s1. The van der Waals surface area contributed by atoms with Gasteiger partial charge in [0.15, 0.2) is 0 Å². The Labute approximate surface area is 167 Å². The number of hydrogen-bond acceptors (Lipinski definition) is 4. The van der Waals surface area contributed by atoms with Crippen molar-refractivity contribution in [3.8, 4) is 0 Å². The van der Waals surface area contributed by atoms with Crippen LogP contribution >= 0.6 is 11.6 Å². The Kier molecular flexibility index (Phi) is 7.55. The van der Waals surface area contributed by atoms with Gasteiger partial charge in [0, 0.05) is 30.6 Å². The largest absolute Gasteiger partial charge is 0.444 e. The van der Waals surface area contributed by atoms with E-state index in [1.807, 2.05) is 32.9 Å². The molecule has 152 valence electrons. The fraction of sp³-hybridized carbons (Fsp3) is 0.667. The third kappa shape index (κ3) is 6.09. The van der Waals surface area contributed by atoms with E-state index in [1.165, 1.54) is 0 Å². The number of carbonyl (C=O) groups is 1. The fourth-order valence-corrected chi connectivity index (χ4v) is 3.90. The van der Waals surface area contributed by atoms with Crippen LogP contribution in [0.25, 0.3) is 0 Å². The molecular formula is C21H32ClNO4. The van der Waals surface area contributed by atoms with E-state index in [2.05, 4.69) is 0 Å². The van der Waals surface area contributed by atoms with E-state index >= 15 is 0 Å². The Morgan fingerprint density at radius 1 is 1.33 bits per heavy atom. The zero-order valence-electron chi connectivity index (χ0n) is 16.6. The second-order valence-electron chi connectivity index (χ2n) is 8.38. The molecule has 0 bridgehead atoms. The van der Waals surface area contributed by atoms with E-state index in [4.69, 9.17) is 21.4 Å². The summed E-state index contributed by atoms with van der Waals surface area (Å²) in [5, 5.41) is 21.4. The third-order valence-electron chi connectivity index (χ3n) is 5.04. The van der Waals surface area contributed by atoms with Crippen molar-refractivity contribution in [3.63, 3.8) is 0 Å². The van der Waals surface area contributed by atoms with E-state index in [0.29, 0.717) is 37.4 Å². The van der Waals surface area contributed by atoms with Gasteiger partial charge in [-0.05, 0) is 70.6 Å². The average Bonchev–Trinajstić information content (AvgIpc) is 2.60. The molecule has 1 heterocycles. The number of nitrogens with zero attached hydrogens (tertiary/aromatic N) is 1. The topological polar surface area (TPSA) is 70.0 Å². The highest BCUT2D eigenvalue weighted by atomic mass is 35.5. The van der Waals surface area contributed by atoms with Gasteiger partial charge in [0.1, 0.15) is 5.60 Å². The summed E-state index contributed by atoms with van der Waals surface area (Å²) < 4.78 is 5.51. The first-order valence-corrected chi connectivity index (χ1v) is 10.1. The monoisotopic (exact) mass is 397 g/mol. The van der Waals surface area contributed by atoms with E-state index in [9.17, 15) is 9.90 Å². The van der Waals surface area contributed by atoms with Gasteiger partial charge in [-0.3, -0.25) is 0 Å².